The van der Waals surface area contributed by atoms with Crippen LogP contribution < -0.4 is 10.1 Å². The number of piperazine rings is 1. The number of methoxy groups -OCH3 is 1. The van der Waals surface area contributed by atoms with Crippen LogP contribution in [0.25, 0.3) is 0 Å². The van der Waals surface area contributed by atoms with E-state index >= 15 is 0 Å². The maximum atomic E-state index is 13.0. The van der Waals surface area contributed by atoms with Crippen LogP contribution in [0.5, 0.6) is 5.75 Å². The number of nitrogens with one attached hydrogen (secondary N) is 1. The third-order valence-electron chi connectivity index (χ3n) is 4.64. The Labute approximate surface area is 152 Å². The second-order valence-electron chi connectivity index (χ2n) is 6.19. The van der Waals surface area contributed by atoms with Crippen molar-refractivity contribution in [3.8, 4) is 5.75 Å². The second kappa shape index (κ2) is 7.45. The number of ether oxygens (including phenoxy) is 1. The fraction of sp³-hybridized carbons (Fsp3) is 0.444. The smallest absolute Gasteiger partial charge is 0.244 e. The predicted molar refractivity (Wildman–Crippen MR) is 97.0 cm³/mol. The van der Waals surface area contributed by atoms with Crippen molar-refractivity contribution in [3.05, 3.63) is 46.2 Å². The number of halogens is 1. The van der Waals surface area contributed by atoms with Crippen molar-refractivity contribution in [1.82, 2.24) is 20.0 Å². The van der Waals surface area contributed by atoms with Crippen LogP contribution in [-0.4, -0.2) is 47.3 Å². The molecular formula is C18H23ClN4O2. The summed E-state index contributed by atoms with van der Waals surface area (Å²) in [4.78, 5) is 14.9. The van der Waals surface area contributed by atoms with Gasteiger partial charge in [0.1, 0.15) is 12.3 Å². The molecule has 1 aromatic carbocycles. The largest absolute Gasteiger partial charge is 0.496 e. The summed E-state index contributed by atoms with van der Waals surface area (Å²) in [5.41, 5.74) is 2.57. The minimum atomic E-state index is -0.0650. The standard InChI is InChI=1S/C18H23ClN4O2/c1-12-18(19)13(2)23(21-12)11-17(24)22-9-8-20-10-15(22)14-6-4-5-7-16(14)25-3/h4-7,15,20H,8-11H2,1-3H3. The molecule has 1 aromatic heterocycles. The zero-order chi connectivity index (χ0) is 18.0. The molecule has 2 heterocycles. The van der Waals surface area contributed by atoms with Gasteiger partial charge in [-0.25, -0.2) is 0 Å². The van der Waals surface area contributed by atoms with E-state index in [9.17, 15) is 4.79 Å². The van der Waals surface area contributed by atoms with Gasteiger partial charge in [0.25, 0.3) is 0 Å². The first-order chi connectivity index (χ1) is 12.0. The fourth-order valence-electron chi connectivity index (χ4n) is 3.27. The number of para-hydroxylation sites is 1. The number of hydrogen-bond donors (Lipinski definition) is 1. The Bertz CT molecular complexity index is 774. The molecule has 2 aromatic rings. The summed E-state index contributed by atoms with van der Waals surface area (Å²) in [5.74, 6) is 0.822. The first-order valence-corrected chi connectivity index (χ1v) is 8.73. The third-order valence-corrected chi connectivity index (χ3v) is 5.19. The number of aryl methyl sites for hydroxylation is 1. The molecule has 3 rings (SSSR count). The summed E-state index contributed by atoms with van der Waals surface area (Å²) >= 11 is 6.20. The maximum absolute atomic E-state index is 13.0. The molecule has 1 fully saturated rings. The second-order valence-corrected chi connectivity index (χ2v) is 6.57. The van der Waals surface area contributed by atoms with Gasteiger partial charge in [0.05, 0.1) is 29.6 Å². The van der Waals surface area contributed by atoms with Crippen LogP contribution in [0.4, 0.5) is 0 Å². The Morgan fingerprint density at radius 2 is 2.16 bits per heavy atom. The molecule has 0 spiro atoms. The summed E-state index contributed by atoms with van der Waals surface area (Å²) in [5, 5.41) is 8.36. The van der Waals surface area contributed by atoms with E-state index in [4.69, 9.17) is 16.3 Å². The monoisotopic (exact) mass is 362 g/mol. The first kappa shape index (κ1) is 17.8. The van der Waals surface area contributed by atoms with E-state index in [1.807, 2.05) is 43.0 Å². The number of aromatic nitrogens is 2. The highest BCUT2D eigenvalue weighted by Crippen LogP contribution is 2.30. The molecule has 1 atom stereocenters. The highest BCUT2D eigenvalue weighted by Gasteiger charge is 2.30. The van der Waals surface area contributed by atoms with E-state index in [2.05, 4.69) is 10.4 Å². The Morgan fingerprint density at radius 3 is 2.84 bits per heavy atom. The number of benzene rings is 1. The van der Waals surface area contributed by atoms with Gasteiger partial charge in [0.15, 0.2) is 0 Å². The topological polar surface area (TPSA) is 59.4 Å². The van der Waals surface area contributed by atoms with Crippen molar-refractivity contribution >= 4 is 17.5 Å². The van der Waals surface area contributed by atoms with Crippen LogP contribution in [0, 0.1) is 13.8 Å². The highest BCUT2D eigenvalue weighted by molar-refractivity contribution is 6.31. The van der Waals surface area contributed by atoms with E-state index in [0.717, 1.165) is 29.2 Å². The van der Waals surface area contributed by atoms with Crippen LogP contribution in [0.3, 0.4) is 0 Å². The quantitative estimate of drug-likeness (QED) is 0.907. The van der Waals surface area contributed by atoms with Gasteiger partial charge in [0.2, 0.25) is 5.91 Å². The lowest BCUT2D eigenvalue weighted by molar-refractivity contribution is -0.135. The normalized spacial score (nSPS) is 17.6. The molecule has 1 amide bonds. The minimum absolute atomic E-state index is 0.0275. The lowest BCUT2D eigenvalue weighted by Crippen LogP contribution is -2.49. The van der Waals surface area contributed by atoms with Crippen LogP contribution in [-0.2, 0) is 11.3 Å². The summed E-state index contributed by atoms with van der Waals surface area (Å²) < 4.78 is 7.16. The molecule has 0 saturated carbocycles. The van der Waals surface area contributed by atoms with E-state index in [1.54, 1.807) is 11.8 Å². The zero-order valence-corrected chi connectivity index (χ0v) is 15.5. The van der Waals surface area contributed by atoms with Crippen molar-refractivity contribution < 1.29 is 9.53 Å². The van der Waals surface area contributed by atoms with Crippen molar-refractivity contribution in [2.75, 3.05) is 26.7 Å². The van der Waals surface area contributed by atoms with Crippen LogP contribution >= 0.6 is 11.6 Å². The van der Waals surface area contributed by atoms with Gasteiger partial charge in [-0.15, -0.1) is 0 Å². The van der Waals surface area contributed by atoms with Crippen molar-refractivity contribution in [3.63, 3.8) is 0 Å². The molecule has 1 saturated heterocycles. The molecular weight excluding hydrogens is 340 g/mol. The Balaban J connectivity index is 1.85. The minimum Gasteiger partial charge on any atom is -0.496 e. The van der Waals surface area contributed by atoms with Crippen molar-refractivity contribution in [1.29, 1.82) is 0 Å². The molecule has 1 unspecified atom stereocenters. The van der Waals surface area contributed by atoms with Crippen LogP contribution in [0.15, 0.2) is 24.3 Å². The third kappa shape index (κ3) is 3.50. The number of carbonyl (C=O) groups is 1. The summed E-state index contributed by atoms with van der Waals surface area (Å²) in [6.07, 6.45) is 0. The lowest BCUT2D eigenvalue weighted by atomic mass is 10.0. The van der Waals surface area contributed by atoms with Gasteiger partial charge < -0.3 is 15.0 Å². The molecule has 1 aliphatic rings. The zero-order valence-electron chi connectivity index (χ0n) is 14.8. The number of amides is 1. The molecule has 134 valence electrons. The SMILES string of the molecule is COc1ccccc1C1CNCCN1C(=O)Cn1nc(C)c(Cl)c1C. The molecule has 25 heavy (non-hydrogen) atoms. The highest BCUT2D eigenvalue weighted by atomic mass is 35.5. The Morgan fingerprint density at radius 1 is 1.40 bits per heavy atom. The molecule has 0 radical (unpaired) electrons. The number of rotatable bonds is 4. The Kier molecular flexibility index (Phi) is 5.30. The average molecular weight is 363 g/mol. The fourth-order valence-corrected chi connectivity index (χ4v) is 3.41. The van der Waals surface area contributed by atoms with E-state index in [-0.39, 0.29) is 18.5 Å². The number of carbonyl (C=O) groups excluding carboxylic acids is 1. The molecule has 0 bridgehead atoms. The van der Waals surface area contributed by atoms with Crippen molar-refractivity contribution in [2.24, 2.45) is 0 Å². The lowest BCUT2D eigenvalue weighted by Gasteiger charge is -2.37. The molecule has 1 aliphatic heterocycles. The van der Waals surface area contributed by atoms with Crippen LogP contribution in [0.1, 0.15) is 23.0 Å². The van der Waals surface area contributed by atoms with Gasteiger partial charge in [0, 0.05) is 25.2 Å². The van der Waals surface area contributed by atoms with Crippen LogP contribution in [0.2, 0.25) is 5.02 Å². The van der Waals surface area contributed by atoms with E-state index < -0.39 is 0 Å². The number of hydrogen-bond acceptors (Lipinski definition) is 4. The van der Waals surface area contributed by atoms with Gasteiger partial charge in [-0.3, -0.25) is 9.48 Å². The molecule has 1 N–H and O–H groups in total. The summed E-state index contributed by atoms with van der Waals surface area (Å²) in [6.45, 7) is 6.03. The van der Waals surface area contributed by atoms with Gasteiger partial charge in [-0.2, -0.15) is 5.10 Å². The Hall–Kier alpha value is -2.05. The van der Waals surface area contributed by atoms with Gasteiger partial charge in [-0.05, 0) is 19.9 Å². The first-order valence-electron chi connectivity index (χ1n) is 8.35. The van der Waals surface area contributed by atoms with E-state index in [1.165, 1.54) is 0 Å². The van der Waals surface area contributed by atoms with Crippen molar-refractivity contribution in [2.45, 2.75) is 26.4 Å². The van der Waals surface area contributed by atoms with E-state index in [0.29, 0.717) is 18.1 Å². The van der Waals surface area contributed by atoms with Gasteiger partial charge in [-0.1, -0.05) is 29.8 Å². The molecule has 0 aliphatic carbocycles. The maximum Gasteiger partial charge on any atom is 0.244 e. The number of nitrogens with zero attached hydrogens (tertiary/aromatic N) is 3. The average Bonchev–Trinajstić information content (AvgIpc) is 2.88. The summed E-state index contributed by atoms with van der Waals surface area (Å²) in [7, 11) is 1.65. The predicted octanol–water partition coefficient (Wildman–Crippen LogP) is 2.34. The molecule has 7 heteroatoms. The summed E-state index contributed by atoms with van der Waals surface area (Å²) in [6, 6.07) is 7.77. The van der Waals surface area contributed by atoms with Gasteiger partial charge >= 0.3 is 0 Å². The molecule has 6 nitrogen and oxygen atoms in total.